The molecule has 3 rings (SSSR count). The number of aromatic nitrogens is 2. The van der Waals surface area contributed by atoms with Gasteiger partial charge in [0.2, 0.25) is 5.91 Å². The number of rotatable bonds is 6. The lowest BCUT2D eigenvalue weighted by Crippen LogP contribution is -2.32. The van der Waals surface area contributed by atoms with Gasteiger partial charge in [-0.25, -0.2) is 4.98 Å². The normalized spacial score (nSPS) is 10.3. The molecule has 5 heteroatoms. The highest BCUT2D eigenvalue weighted by Gasteiger charge is 2.16. The average Bonchev–Trinajstić information content (AvgIpc) is 3.09. The minimum atomic E-state index is 0.00383. The van der Waals surface area contributed by atoms with Crippen LogP contribution in [0.5, 0.6) is 0 Å². The van der Waals surface area contributed by atoms with Gasteiger partial charge in [-0.3, -0.25) is 9.78 Å². The highest BCUT2D eigenvalue weighted by Crippen LogP contribution is 2.23. The Labute approximate surface area is 145 Å². The number of hydrogen-bond acceptors (Lipinski definition) is 4. The van der Waals surface area contributed by atoms with Gasteiger partial charge in [0.1, 0.15) is 5.01 Å². The van der Waals surface area contributed by atoms with E-state index >= 15 is 0 Å². The minimum Gasteiger partial charge on any atom is -0.308 e. The van der Waals surface area contributed by atoms with Crippen molar-refractivity contribution in [2.75, 3.05) is 11.4 Å². The van der Waals surface area contributed by atoms with Gasteiger partial charge in [0.05, 0.1) is 12.1 Å². The number of carbonyl (C=O) groups excluding carboxylic acids is 1. The van der Waals surface area contributed by atoms with Gasteiger partial charge in [0, 0.05) is 35.6 Å². The summed E-state index contributed by atoms with van der Waals surface area (Å²) in [6.07, 6.45) is 5.50. The first-order valence-electron chi connectivity index (χ1n) is 7.59. The number of para-hydroxylation sites is 1. The second-order valence-corrected chi connectivity index (χ2v) is 6.05. The Balaban J connectivity index is 1.76. The number of carbonyl (C=O) groups is 1. The minimum absolute atomic E-state index is 0.00383. The molecule has 0 atom stereocenters. The van der Waals surface area contributed by atoms with Crippen LogP contribution in [0.3, 0.4) is 0 Å². The van der Waals surface area contributed by atoms with E-state index in [0.29, 0.717) is 6.54 Å². The van der Waals surface area contributed by atoms with Crippen LogP contribution in [0.2, 0.25) is 0 Å². The summed E-state index contributed by atoms with van der Waals surface area (Å²) in [7, 11) is 0. The second kappa shape index (κ2) is 7.66. The van der Waals surface area contributed by atoms with Crippen LogP contribution < -0.4 is 4.90 Å². The Hall–Kier alpha value is -2.79. The van der Waals surface area contributed by atoms with Crippen LogP contribution in [-0.2, 0) is 11.2 Å². The molecule has 2 heterocycles. The molecule has 3 aromatic rings. The van der Waals surface area contributed by atoms with Crippen LogP contribution >= 0.6 is 11.3 Å². The maximum Gasteiger partial charge on any atom is 0.233 e. The van der Waals surface area contributed by atoms with Crippen molar-refractivity contribution in [2.45, 2.75) is 6.42 Å². The van der Waals surface area contributed by atoms with Crippen LogP contribution in [0.4, 0.5) is 5.69 Å². The van der Waals surface area contributed by atoms with Crippen LogP contribution in [0.1, 0.15) is 5.69 Å². The topological polar surface area (TPSA) is 46.1 Å². The molecule has 0 saturated carbocycles. The molecule has 0 aliphatic carbocycles. The molecule has 0 aliphatic heterocycles. The first kappa shape index (κ1) is 16.1. The molecular formula is C19H17N3OS. The zero-order valence-corrected chi connectivity index (χ0v) is 13.9. The van der Waals surface area contributed by atoms with Crippen molar-refractivity contribution in [1.82, 2.24) is 9.97 Å². The molecule has 1 aromatic carbocycles. The summed E-state index contributed by atoms with van der Waals surface area (Å²) in [6, 6.07) is 13.5. The van der Waals surface area contributed by atoms with Gasteiger partial charge in [0.25, 0.3) is 0 Å². The van der Waals surface area contributed by atoms with E-state index in [1.165, 1.54) is 11.3 Å². The summed E-state index contributed by atoms with van der Waals surface area (Å²) in [5.41, 5.74) is 2.60. The highest BCUT2D eigenvalue weighted by molar-refractivity contribution is 7.13. The number of amides is 1. The van der Waals surface area contributed by atoms with Gasteiger partial charge >= 0.3 is 0 Å². The number of pyridine rings is 1. The van der Waals surface area contributed by atoms with Gasteiger partial charge in [-0.2, -0.15) is 0 Å². The Morgan fingerprint density at radius 2 is 2.04 bits per heavy atom. The SMILES string of the molecule is C=CCN(C(=O)Cc1csc(-c2cccnc2)n1)c1ccccc1. The van der Waals surface area contributed by atoms with Crippen molar-refractivity contribution in [3.05, 3.63) is 78.6 Å². The molecule has 4 nitrogen and oxygen atoms in total. The summed E-state index contributed by atoms with van der Waals surface area (Å²) < 4.78 is 0. The van der Waals surface area contributed by atoms with Crippen molar-refractivity contribution in [3.63, 3.8) is 0 Å². The Morgan fingerprint density at radius 3 is 2.75 bits per heavy atom. The fourth-order valence-electron chi connectivity index (χ4n) is 2.35. The lowest BCUT2D eigenvalue weighted by Gasteiger charge is -2.20. The van der Waals surface area contributed by atoms with Gasteiger partial charge < -0.3 is 4.90 Å². The molecule has 0 N–H and O–H groups in total. The zero-order chi connectivity index (χ0) is 16.8. The molecule has 2 aromatic heterocycles. The standard InChI is InChI=1S/C19H17N3OS/c1-2-11-22(17-8-4-3-5-9-17)18(23)12-16-14-24-19(21-16)15-7-6-10-20-13-15/h2-10,13-14H,1,11-12H2. The quantitative estimate of drug-likeness (QED) is 0.640. The zero-order valence-electron chi connectivity index (χ0n) is 13.1. The van der Waals surface area contributed by atoms with E-state index in [0.717, 1.165) is 22.0 Å². The predicted molar refractivity (Wildman–Crippen MR) is 98.0 cm³/mol. The Morgan fingerprint density at radius 1 is 1.21 bits per heavy atom. The van der Waals surface area contributed by atoms with E-state index < -0.39 is 0 Å². The smallest absolute Gasteiger partial charge is 0.233 e. The summed E-state index contributed by atoms with van der Waals surface area (Å²) in [5, 5.41) is 2.80. The number of nitrogens with zero attached hydrogens (tertiary/aromatic N) is 3. The van der Waals surface area contributed by atoms with Crippen LogP contribution in [-0.4, -0.2) is 22.4 Å². The van der Waals surface area contributed by atoms with Gasteiger partial charge in [-0.05, 0) is 24.3 Å². The van der Waals surface area contributed by atoms with E-state index in [1.54, 1.807) is 23.4 Å². The average molecular weight is 335 g/mol. The monoisotopic (exact) mass is 335 g/mol. The van der Waals surface area contributed by atoms with Crippen molar-refractivity contribution in [1.29, 1.82) is 0 Å². The van der Waals surface area contributed by atoms with E-state index in [2.05, 4.69) is 16.5 Å². The lowest BCUT2D eigenvalue weighted by atomic mass is 10.2. The third-order valence-corrected chi connectivity index (χ3v) is 4.41. The summed E-state index contributed by atoms with van der Waals surface area (Å²) in [4.78, 5) is 23.1. The summed E-state index contributed by atoms with van der Waals surface area (Å²) in [5.74, 6) is 0.00383. The summed E-state index contributed by atoms with van der Waals surface area (Å²) >= 11 is 1.52. The maximum atomic E-state index is 12.7. The van der Waals surface area contributed by atoms with Crippen molar-refractivity contribution in [3.8, 4) is 10.6 Å². The Kier molecular flexibility index (Phi) is 5.13. The van der Waals surface area contributed by atoms with Crippen LogP contribution in [0, 0.1) is 0 Å². The van der Waals surface area contributed by atoms with Crippen molar-refractivity contribution < 1.29 is 4.79 Å². The molecule has 0 spiro atoms. The third-order valence-electron chi connectivity index (χ3n) is 3.47. The highest BCUT2D eigenvalue weighted by atomic mass is 32.1. The second-order valence-electron chi connectivity index (χ2n) is 5.19. The van der Waals surface area contributed by atoms with E-state index in [-0.39, 0.29) is 12.3 Å². The first-order chi connectivity index (χ1) is 11.8. The van der Waals surface area contributed by atoms with Crippen LogP contribution in [0.15, 0.2) is 72.9 Å². The molecule has 0 bridgehead atoms. The predicted octanol–water partition coefficient (Wildman–Crippen LogP) is 3.97. The molecular weight excluding hydrogens is 318 g/mol. The number of benzene rings is 1. The molecule has 0 radical (unpaired) electrons. The molecule has 0 fully saturated rings. The fourth-order valence-corrected chi connectivity index (χ4v) is 3.16. The van der Waals surface area contributed by atoms with Crippen molar-refractivity contribution in [2.24, 2.45) is 0 Å². The first-order valence-corrected chi connectivity index (χ1v) is 8.47. The maximum absolute atomic E-state index is 12.7. The third kappa shape index (κ3) is 3.75. The number of hydrogen-bond donors (Lipinski definition) is 0. The molecule has 1 amide bonds. The molecule has 0 aliphatic rings. The van der Waals surface area contributed by atoms with Gasteiger partial charge in [0.15, 0.2) is 0 Å². The largest absolute Gasteiger partial charge is 0.308 e. The lowest BCUT2D eigenvalue weighted by molar-refractivity contribution is -0.117. The Bertz CT molecular complexity index is 815. The van der Waals surface area contributed by atoms with E-state index in [9.17, 15) is 4.79 Å². The molecule has 24 heavy (non-hydrogen) atoms. The number of thiazole rings is 1. The van der Waals surface area contributed by atoms with E-state index in [1.807, 2.05) is 47.8 Å². The summed E-state index contributed by atoms with van der Waals surface area (Å²) in [6.45, 7) is 4.22. The fraction of sp³-hybridized carbons (Fsp3) is 0.105. The van der Waals surface area contributed by atoms with Crippen LogP contribution in [0.25, 0.3) is 10.6 Å². The van der Waals surface area contributed by atoms with Gasteiger partial charge in [-0.1, -0.05) is 24.3 Å². The number of anilines is 1. The van der Waals surface area contributed by atoms with Gasteiger partial charge in [-0.15, -0.1) is 17.9 Å². The molecule has 0 unspecified atom stereocenters. The molecule has 120 valence electrons. The van der Waals surface area contributed by atoms with E-state index in [4.69, 9.17) is 0 Å². The van der Waals surface area contributed by atoms with Crippen molar-refractivity contribution >= 4 is 22.9 Å². The molecule has 0 saturated heterocycles.